The smallest absolute Gasteiger partial charge is 0.317 e. The highest BCUT2D eigenvalue weighted by Crippen LogP contribution is 2.23. The molecule has 1 N–H and O–H groups in total. The second-order valence-corrected chi connectivity index (χ2v) is 7.34. The first kappa shape index (κ1) is 20.3. The van der Waals surface area contributed by atoms with Crippen LogP contribution in [0.5, 0.6) is 0 Å². The standard InChI is InChI=1S/C19H22ClF2N5O/c1-12-6-13(17(22)8-16(12)20)9-23-19(28)26(2)15-7-14(21)10-27(11-15)18-4-3-5-24-25-18/h3-6,8,14-15H,7,9-11H2,1-2H3,(H,23,28)/t14-,15-/m1/s1. The second-order valence-electron chi connectivity index (χ2n) is 6.94. The fraction of sp³-hybridized carbons (Fsp3) is 0.421. The number of aryl methyl sites for hydroxylation is 1. The number of halogens is 3. The van der Waals surface area contributed by atoms with Gasteiger partial charge in [0, 0.05) is 43.3 Å². The van der Waals surface area contributed by atoms with E-state index in [-0.39, 0.29) is 25.6 Å². The average molecular weight is 410 g/mol. The number of benzene rings is 1. The Morgan fingerprint density at radius 3 is 2.93 bits per heavy atom. The molecule has 0 unspecified atom stereocenters. The number of alkyl halides is 1. The first-order chi connectivity index (χ1) is 13.3. The normalized spacial score (nSPS) is 19.4. The molecule has 1 saturated heterocycles. The van der Waals surface area contributed by atoms with Gasteiger partial charge in [0.05, 0.1) is 12.6 Å². The molecule has 6 nitrogen and oxygen atoms in total. The molecule has 1 aromatic heterocycles. The zero-order valence-corrected chi connectivity index (χ0v) is 16.5. The topological polar surface area (TPSA) is 61.4 Å². The van der Waals surface area contributed by atoms with E-state index in [1.54, 1.807) is 43.3 Å². The van der Waals surface area contributed by atoms with Crippen LogP contribution in [0.25, 0.3) is 0 Å². The molecule has 1 aliphatic rings. The summed E-state index contributed by atoms with van der Waals surface area (Å²) in [5, 5.41) is 10.9. The number of amides is 2. The quantitative estimate of drug-likeness (QED) is 0.841. The third-order valence-corrected chi connectivity index (χ3v) is 5.29. The summed E-state index contributed by atoms with van der Waals surface area (Å²) >= 11 is 5.89. The van der Waals surface area contributed by atoms with E-state index in [9.17, 15) is 13.6 Å². The highest BCUT2D eigenvalue weighted by molar-refractivity contribution is 6.31. The highest BCUT2D eigenvalue weighted by Gasteiger charge is 2.32. The number of rotatable bonds is 4. The lowest BCUT2D eigenvalue weighted by molar-refractivity contribution is 0.157. The molecule has 150 valence electrons. The first-order valence-electron chi connectivity index (χ1n) is 8.97. The Labute approximate surface area is 167 Å². The number of hydrogen-bond acceptors (Lipinski definition) is 4. The van der Waals surface area contributed by atoms with Crippen LogP contribution in [0.1, 0.15) is 17.5 Å². The van der Waals surface area contributed by atoms with Crippen LogP contribution in [0.4, 0.5) is 19.4 Å². The number of nitrogens with zero attached hydrogens (tertiary/aromatic N) is 4. The molecular weight excluding hydrogens is 388 g/mol. The zero-order chi connectivity index (χ0) is 20.3. The number of urea groups is 1. The molecule has 2 heterocycles. The molecule has 28 heavy (non-hydrogen) atoms. The molecular formula is C19H22ClF2N5O. The molecule has 0 saturated carbocycles. The summed E-state index contributed by atoms with van der Waals surface area (Å²) in [7, 11) is 1.61. The number of piperidine rings is 1. The molecule has 2 atom stereocenters. The van der Waals surface area contributed by atoms with Gasteiger partial charge in [0.2, 0.25) is 0 Å². The van der Waals surface area contributed by atoms with Crippen LogP contribution in [0.15, 0.2) is 30.5 Å². The van der Waals surface area contributed by atoms with E-state index in [4.69, 9.17) is 11.6 Å². The van der Waals surface area contributed by atoms with Crippen molar-refractivity contribution in [1.29, 1.82) is 0 Å². The van der Waals surface area contributed by atoms with Gasteiger partial charge in [-0.25, -0.2) is 13.6 Å². The van der Waals surface area contributed by atoms with E-state index in [1.807, 2.05) is 0 Å². The summed E-state index contributed by atoms with van der Waals surface area (Å²) < 4.78 is 28.3. The molecule has 1 fully saturated rings. The Kier molecular flexibility index (Phi) is 6.28. The van der Waals surface area contributed by atoms with Gasteiger partial charge < -0.3 is 15.1 Å². The van der Waals surface area contributed by atoms with Crippen LogP contribution in [0.2, 0.25) is 5.02 Å². The van der Waals surface area contributed by atoms with Crippen LogP contribution >= 0.6 is 11.6 Å². The number of anilines is 1. The summed E-state index contributed by atoms with van der Waals surface area (Å²) in [6.45, 7) is 2.44. The van der Waals surface area contributed by atoms with Gasteiger partial charge in [-0.15, -0.1) is 5.10 Å². The lowest BCUT2D eigenvalue weighted by Crippen LogP contribution is -2.54. The Morgan fingerprint density at radius 1 is 1.43 bits per heavy atom. The Bertz CT molecular complexity index is 839. The summed E-state index contributed by atoms with van der Waals surface area (Å²) in [5.41, 5.74) is 1.07. The van der Waals surface area contributed by atoms with Gasteiger partial charge in [-0.3, -0.25) is 0 Å². The number of carbonyl (C=O) groups excluding carboxylic acids is 1. The minimum Gasteiger partial charge on any atom is -0.350 e. The summed E-state index contributed by atoms with van der Waals surface area (Å²) in [6, 6.07) is 5.58. The molecule has 9 heteroatoms. The number of likely N-dealkylation sites (N-methyl/N-ethyl adjacent to an activating group) is 1. The van der Waals surface area contributed by atoms with Crippen molar-refractivity contribution in [1.82, 2.24) is 20.4 Å². The molecule has 2 aromatic rings. The van der Waals surface area contributed by atoms with Crippen molar-refractivity contribution >= 4 is 23.4 Å². The predicted molar refractivity (Wildman–Crippen MR) is 104 cm³/mol. The van der Waals surface area contributed by atoms with Gasteiger partial charge in [-0.05, 0) is 36.8 Å². The maximum absolute atomic E-state index is 14.3. The van der Waals surface area contributed by atoms with Crippen molar-refractivity contribution in [2.75, 3.05) is 25.0 Å². The van der Waals surface area contributed by atoms with Crippen LogP contribution in [-0.2, 0) is 6.54 Å². The summed E-state index contributed by atoms with van der Waals surface area (Å²) in [4.78, 5) is 15.8. The maximum Gasteiger partial charge on any atom is 0.317 e. The second kappa shape index (κ2) is 8.68. The maximum atomic E-state index is 14.3. The number of hydrogen-bond donors (Lipinski definition) is 1. The largest absolute Gasteiger partial charge is 0.350 e. The Morgan fingerprint density at radius 2 is 2.21 bits per heavy atom. The van der Waals surface area contributed by atoms with Crippen molar-refractivity contribution in [3.05, 3.63) is 52.4 Å². The fourth-order valence-corrected chi connectivity index (χ4v) is 3.41. The van der Waals surface area contributed by atoms with Gasteiger partial charge in [0.15, 0.2) is 5.82 Å². The van der Waals surface area contributed by atoms with Crippen molar-refractivity contribution < 1.29 is 13.6 Å². The van der Waals surface area contributed by atoms with Crippen molar-refractivity contribution in [3.63, 3.8) is 0 Å². The fourth-order valence-electron chi connectivity index (χ4n) is 3.26. The zero-order valence-electron chi connectivity index (χ0n) is 15.7. The van der Waals surface area contributed by atoms with Crippen LogP contribution in [0.3, 0.4) is 0 Å². The van der Waals surface area contributed by atoms with Crippen LogP contribution in [0, 0.1) is 12.7 Å². The van der Waals surface area contributed by atoms with E-state index in [0.717, 1.165) is 5.56 Å². The molecule has 0 aliphatic carbocycles. The minimum absolute atomic E-state index is 0.0205. The molecule has 0 bridgehead atoms. The van der Waals surface area contributed by atoms with Crippen molar-refractivity contribution in [2.45, 2.75) is 32.1 Å². The van der Waals surface area contributed by atoms with Gasteiger partial charge in [-0.1, -0.05) is 11.6 Å². The lowest BCUT2D eigenvalue weighted by atomic mass is 10.0. The third-order valence-electron chi connectivity index (χ3n) is 4.89. The van der Waals surface area contributed by atoms with E-state index in [1.165, 1.54) is 11.0 Å². The molecule has 1 aromatic carbocycles. The number of carbonyl (C=O) groups is 1. The predicted octanol–water partition coefficient (Wildman–Crippen LogP) is 3.34. The molecule has 3 rings (SSSR count). The van der Waals surface area contributed by atoms with Crippen LogP contribution < -0.4 is 10.2 Å². The first-order valence-corrected chi connectivity index (χ1v) is 9.35. The average Bonchev–Trinajstić information content (AvgIpc) is 2.69. The summed E-state index contributed by atoms with van der Waals surface area (Å²) in [5.74, 6) is 0.0937. The molecule has 2 amide bonds. The highest BCUT2D eigenvalue weighted by atomic mass is 35.5. The molecule has 1 aliphatic heterocycles. The van der Waals surface area contributed by atoms with Crippen LogP contribution in [-0.4, -0.2) is 53.5 Å². The van der Waals surface area contributed by atoms with E-state index in [0.29, 0.717) is 22.9 Å². The van der Waals surface area contributed by atoms with Gasteiger partial charge in [0.1, 0.15) is 12.0 Å². The third kappa shape index (κ3) is 4.67. The van der Waals surface area contributed by atoms with E-state index in [2.05, 4.69) is 15.5 Å². The van der Waals surface area contributed by atoms with Gasteiger partial charge >= 0.3 is 6.03 Å². The Balaban J connectivity index is 1.63. The number of aromatic nitrogens is 2. The summed E-state index contributed by atoms with van der Waals surface area (Å²) in [6.07, 6.45) is 0.691. The SMILES string of the molecule is Cc1cc(CNC(=O)N(C)[C@@H]2C[C@@H](F)CN(c3cccnn3)C2)c(F)cc1Cl. The van der Waals surface area contributed by atoms with Crippen molar-refractivity contribution in [2.24, 2.45) is 0 Å². The molecule has 0 radical (unpaired) electrons. The molecule has 0 spiro atoms. The van der Waals surface area contributed by atoms with Gasteiger partial charge in [-0.2, -0.15) is 5.10 Å². The van der Waals surface area contributed by atoms with E-state index < -0.39 is 18.0 Å². The minimum atomic E-state index is -1.09. The monoisotopic (exact) mass is 409 g/mol. The number of nitrogens with one attached hydrogen (secondary N) is 1. The van der Waals surface area contributed by atoms with Crippen molar-refractivity contribution in [3.8, 4) is 0 Å². The van der Waals surface area contributed by atoms with Gasteiger partial charge in [0.25, 0.3) is 0 Å². The lowest BCUT2D eigenvalue weighted by Gasteiger charge is -2.39. The Hall–Kier alpha value is -2.48. The van der Waals surface area contributed by atoms with E-state index >= 15 is 0 Å².